The largest absolute Gasteiger partial charge is 0.325 e. The van der Waals surface area contributed by atoms with Gasteiger partial charge < -0.3 is 15.2 Å². The van der Waals surface area contributed by atoms with Gasteiger partial charge in [0.2, 0.25) is 11.8 Å². The highest BCUT2D eigenvalue weighted by Gasteiger charge is 2.17. The Labute approximate surface area is 202 Å². The second kappa shape index (κ2) is 11.1. The lowest BCUT2D eigenvalue weighted by atomic mass is 10.3. The lowest BCUT2D eigenvalue weighted by Gasteiger charge is -2.09. The zero-order valence-corrected chi connectivity index (χ0v) is 19.6. The number of nitrogens with zero attached hydrogens (tertiary/aromatic N) is 4. The number of carbonyl (C=O) groups excluding carboxylic acids is 2. The summed E-state index contributed by atoms with van der Waals surface area (Å²) in [7, 11) is 0. The van der Waals surface area contributed by atoms with Gasteiger partial charge in [0.15, 0.2) is 5.16 Å². The van der Waals surface area contributed by atoms with Gasteiger partial charge in [-0.25, -0.2) is 0 Å². The van der Waals surface area contributed by atoms with Gasteiger partial charge in [0, 0.05) is 24.4 Å². The molecule has 0 bridgehead atoms. The normalized spacial score (nSPS) is 10.6. The molecule has 2 amide bonds. The fourth-order valence-corrected chi connectivity index (χ4v) is 3.98. The number of thioether (sulfide) groups is 1. The van der Waals surface area contributed by atoms with Gasteiger partial charge in [-0.05, 0) is 31.2 Å². The van der Waals surface area contributed by atoms with E-state index in [0.29, 0.717) is 33.9 Å². The number of rotatable bonds is 9. The highest BCUT2D eigenvalue weighted by atomic mass is 35.5. The summed E-state index contributed by atoms with van der Waals surface area (Å²) < 4.78 is 1.74. The number of carbonyl (C=O) groups is 2. The first-order chi connectivity index (χ1) is 15.8. The Balaban J connectivity index is 1.58. The third-order valence-corrected chi connectivity index (χ3v) is 6.13. The average Bonchev–Trinajstić information content (AvgIpc) is 3.17. The second-order valence-electron chi connectivity index (χ2n) is 6.61. The number of hydrogen-bond acceptors (Lipinski definition) is 7. The number of nitro benzene ring substituents is 1. The first-order valence-electron chi connectivity index (χ1n) is 9.61. The van der Waals surface area contributed by atoms with Gasteiger partial charge in [-0.1, -0.05) is 41.0 Å². The maximum absolute atomic E-state index is 12.5. The van der Waals surface area contributed by atoms with Gasteiger partial charge in [-0.2, -0.15) is 0 Å². The molecular formula is C20H18Cl2N6O4S. The molecule has 172 valence electrons. The minimum absolute atomic E-state index is 0.0411. The van der Waals surface area contributed by atoms with Crippen LogP contribution in [0.15, 0.2) is 47.6 Å². The molecule has 0 radical (unpaired) electrons. The van der Waals surface area contributed by atoms with Crippen molar-refractivity contribution in [2.75, 3.05) is 16.4 Å². The summed E-state index contributed by atoms with van der Waals surface area (Å²) in [6, 6.07) is 10.5. The van der Waals surface area contributed by atoms with Crippen molar-refractivity contribution in [3.8, 4) is 0 Å². The van der Waals surface area contributed by atoms with Crippen molar-refractivity contribution in [1.82, 2.24) is 14.8 Å². The summed E-state index contributed by atoms with van der Waals surface area (Å²) in [6.07, 6.45) is -0.0424. The Morgan fingerprint density at radius 3 is 2.48 bits per heavy atom. The summed E-state index contributed by atoms with van der Waals surface area (Å²) in [5.41, 5.74) is 0.780. The van der Waals surface area contributed by atoms with E-state index in [1.165, 1.54) is 24.3 Å². The predicted octanol–water partition coefficient (Wildman–Crippen LogP) is 4.43. The molecule has 0 saturated carbocycles. The fraction of sp³-hybridized carbons (Fsp3) is 0.200. The van der Waals surface area contributed by atoms with Gasteiger partial charge >= 0.3 is 0 Å². The lowest BCUT2D eigenvalue weighted by Crippen LogP contribution is -2.18. The highest BCUT2D eigenvalue weighted by Crippen LogP contribution is 2.29. The molecule has 0 aliphatic carbocycles. The van der Waals surface area contributed by atoms with Crippen molar-refractivity contribution < 1.29 is 14.5 Å². The van der Waals surface area contributed by atoms with Crippen LogP contribution in [0.1, 0.15) is 12.7 Å². The topological polar surface area (TPSA) is 132 Å². The Bertz CT molecular complexity index is 1190. The van der Waals surface area contributed by atoms with Crippen LogP contribution in [0, 0.1) is 10.1 Å². The van der Waals surface area contributed by atoms with Crippen LogP contribution in [0.3, 0.4) is 0 Å². The van der Waals surface area contributed by atoms with Gasteiger partial charge in [0.05, 0.1) is 32.8 Å². The van der Waals surface area contributed by atoms with E-state index in [1.807, 2.05) is 6.92 Å². The van der Waals surface area contributed by atoms with Crippen molar-refractivity contribution in [3.63, 3.8) is 0 Å². The number of aromatic nitrogens is 3. The predicted molar refractivity (Wildman–Crippen MR) is 127 cm³/mol. The third kappa shape index (κ3) is 6.44. The molecule has 2 N–H and O–H groups in total. The Morgan fingerprint density at radius 2 is 1.82 bits per heavy atom. The van der Waals surface area contributed by atoms with Gasteiger partial charge in [-0.15, -0.1) is 10.2 Å². The standard InChI is InChI=1S/C20H18Cl2N6O4S/c1-2-27-16(10-17(29)24-15-5-3-4-14(21)19(15)22)25-26-20(27)33-11-18(30)23-12-6-8-13(9-7-12)28(31)32/h3-9H,2,10-11H2,1H3,(H,23,30)(H,24,29). The van der Waals surface area contributed by atoms with Crippen molar-refractivity contribution >= 4 is 63.8 Å². The molecule has 1 heterocycles. The van der Waals surface area contributed by atoms with E-state index < -0.39 is 4.92 Å². The van der Waals surface area contributed by atoms with Crippen molar-refractivity contribution in [2.24, 2.45) is 0 Å². The quantitative estimate of drug-likeness (QED) is 0.248. The van der Waals surface area contributed by atoms with Gasteiger partial charge in [0.1, 0.15) is 5.82 Å². The maximum atomic E-state index is 12.5. The monoisotopic (exact) mass is 508 g/mol. The molecule has 0 atom stereocenters. The molecule has 3 rings (SSSR count). The number of anilines is 2. The molecule has 1 aromatic heterocycles. The highest BCUT2D eigenvalue weighted by molar-refractivity contribution is 7.99. The molecule has 0 saturated heterocycles. The maximum Gasteiger partial charge on any atom is 0.269 e. The van der Waals surface area contributed by atoms with E-state index in [0.717, 1.165) is 11.8 Å². The van der Waals surface area contributed by atoms with E-state index in [1.54, 1.807) is 22.8 Å². The van der Waals surface area contributed by atoms with Crippen LogP contribution in [0.2, 0.25) is 10.0 Å². The number of nitro groups is 1. The number of halogens is 2. The first kappa shape index (κ1) is 24.5. The lowest BCUT2D eigenvalue weighted by molar-refractivity contribution is -0.384. The molecule has 0 fully saturated rings. The van der Waals surface area contributed by atoms with E-state index in [-0.39, 0.29) is 34.7 Å². The molecule has 2 aromatic carbocycles. The third-order valence-electron chi connectivity index (χ3n) is 4.35. The zero-order valence-electron chi connectivity index (χ0n) is 17.2. The summed E-state index contributed by atoms with van der Waals surface area (Å²) >= 11 is 13.2. The molecule has 0 unspecified atom stereocenters. The Morgan fingerprint density at radius 1 is 1.09 bits per heavy atom. The molecule has 0 aliphatic heterocycles. The van der Waals surface area contributed by atoms with Crippen LogP contribution in [0.5, 0.6) is 0 Å². The Hall–Kier alpha value is -3.15. The van der Waals surface area contributed by atoms with Crippen molar-refractivity contribution in [1.29, 1.82) is 0 Å². The van der Waals surface area contributed by atoms with Gasteiger partial charge in [0.25, 0.3) is 5.69 Å². The number of benzene rings is 2. The van der Waals surface area contributed by atoms with Crippen LogP contribution in [0.25, 0.3) is 0 Å². The molecule has 13 heteroatoms. The van der Waals surface area contributed by atoms with E-state index in [2.05, 4.69) is 20.8 Å². The van der Waals surface area contributed by atoms with Crippen LogP contribution in [-0.2, 0) is 22.6 Å². The van der Waals surface area contributed by atoms with Gasteiger partial charge in [-0.3, -0.25) is 19.7 Å². The summed E-state index contributed by atoms with van der Waals surface area (Å²) in [4.78, 5) is 34.9. The number of non-ortho nitro benzene ring substituents is 1. The van der Waals surface area contributed by atoms with Crippen LogP contribution >= 0.6 is 35.0 Å². The SMILES string of the molecule is CCn1c(CC(=O)Nc2cccc(Cl)c2Cl)nnc1SCC(=O)Nc1ccc([N+](=O)[O-])cc1. The first-order valence-corrected chi connectivity index (χ1v) is 11.4. The summed E-state index contributed by atoms with van der Waals surface area (Å²) in [6.45, 7) is 2.37. The number of nitrogens with one attached hydrogen (secondary N) is 2. The van der Waals surface area contributed by atoms with Crippen LogP contribution in [0.4, 0.5) is 17.1 Å². The van der Waals surface area contributed by atoms with E-state index >= 15 is 0 Å². The van der Waals surface area contributed by atoms with Crippen molar-refractivity contribution in [2.45, 2.75) is 25.0 Å². The van der Waals surface area contributed by atoms with E-state index in [9.17, 15) is 19.7 Å². The molecule has 10 nitrogen and oxygen atoms in total. The fourth-order valence-electron chi connectivity index (χ4n) is 2.81. The molecule has 0 spiro atoms. The Kier molecular flexibility index (Phi) is 8.26. The van der Waals surface area contributed by atoms with Crippen LogP contribution < -0.4 is 10.6 Å². The molecule has 3 aromatic rings. The van der Waals surface area contributed by atoms with Crippen LogP contribution in [-0.4, -0.2) is 37.3 Å². The average molecular weight is 509 g/mol. The van der Waals surface area contributed by atoms with Crippen molar-refractivity contribution in [3.05, 3.63) is 68.4 Å². The minimum atomic E-state index is -0.513. The molecule has 33 heavy (non-hydrogen) atoms. The van der Waals surface area contributed by atoms with E-state index in [4.69, 9.17) is 23.2 Å². The minimum Gasteiger partial charge on any atom is -0.325 e. The summed E-state index contributed by atoms with van der Waals surface area (Å²) in [5, 5.41) is 25.3. The molecule has 0 aliphatic rings. The second-order valence-corrected chi connectivity index (χ2v) is 8.34. The smallest absolute Gasteiger partial charge is 0.269 e. The summed E-state index contributed by atoms with van der Waals surface area (Å²) in [5.74, 6) is -0.172. The number of amides is 2. The zero-order chi connectivity index (χ0) is 24.0. The number of hydrogen-bond donors (Lipinski definition) is 2. The molecular weight excluding hydrogens is 491 g/mol.